The van der Waals surface area contributed by atoms with E-state index in [9.17, 15) is 13.2 Å². The molecule has 1 aliphatic rings. The van der Waals surface area contributed by atoms with E-state index in [1.54, 1.807) is 19.2 Å². The molecule has 1 aliphatic carbocycles. The molecular formula is C26H32N4O4S. The molecule has 0 radical (unpaired) electrons. The fourth-order valence-corrected chi connectivity index (χ4v) is 5.78. The van der Waals surface area contributed by atoms with Crippen LogP contribution in [0.3, 0.4) is 0 Å². The molecule has 1 heterocycles. The van der Waals surface area contributed by atoms with Crippen LogP contribution >= 0.6 is 0 Å². The van der Waals surface area contributed by atoms with Crippen molar-refractivity contribution in [2.45, 2.75) is 69.7 Å². The van der Waals surface area contributed by atoms with E-state index in [4.69, 9.17) is 4.52 Å². The number of hydrogen-bond donors (Lipinski definition) is 1. The van der Waals surface area contributed by atoms with Crippen LogP contribution in [-0.4, -0.2) is 41.9 Å². The SMILES string of the molecule is Cc1cccc(-c2nc(C(C)C)no2)c1NC(=O)c1ccc(S(=O)(=O)N(C)C2CCCCC2)cc1. The molecule has 9 heteroatoms. The first-order chi connectivity index (χ1) is 16.7. The Bertz CT molecular complexity index is 1290. The van der Waals surface area contributed by atoms with Gasteiger partial charge in [-0.25, -0.2) is 8.42 Å². The van der Waals surface area contributed by atoms with E-state index in [-0.39, 0.29) is 22.8 Å². The van der Waals surface area contributed by atoms with Gasteiger partial charge in [0.2, 0.25) is 10.0 Å². The van der Waals surface area contributed by atoms with E-state index in [0.717, 1.165) is 37.7 Å². The average molecular weight is 497 g/mol. The predicted octanol–water partition coefficient (Wildman–Crippen LogP) is 5.37. The van der Waals surface area contributed by atoms with Crippen LogP contribution in [0.25, 0.3) is 11.5 Å². The Labute approximate surface area is 206 Å². The molecule has 1 N–H and O–H groups in total. The van der Waals surface area contributed by atoms with Gasteiger partial charge in [0, 0.05) is 24.6 Å². The summed E-state index contributed by atoms with van der Waals surface area (Å²) >= 11 is 0. The topological polar surface area (TPSA) is 105 Å². The van der Waals surface area contributed by atoms with Gasteiger partial charge < -0.3 is 9.84 Å². The van der Waals surface area contributed by atoms with Gasteiger partial charge in [0.25, 0.3) is 11.8 Å². The fraction of sp³-hybridized carbons (Fsp3) is 0.423. The molecular weight excluding hydrogens is 464 g/mol. The molecule has 1 saturated carbocycles. The first-order valence-electron chi connectivity index (χ1n) is 12.0. The van der Waals surface area contributed by atoms with Crippen molar-refractivity contribution in [1.82, 2.24) is 14.4 Å². The molecule has 2 aromatic carbocycles. The standard InChI is InChI=1S/C26H32N4O4S/c1-17(2)24-28-26(34-29-24)22-12-8-9-18(3)23(22)27-25(31)19-13-15-21(16-14-19)35(32,33)30(4)20-10-6-5-7-11-20/h8-9,12-17,20H,5-7,10-11H2,1-4H3,(H,27,31). The third kappa shape index (κ3) is 5.31. The highest BCUT2D eigenvalue weighted by Gasteiger charge is 2.29. The normalized spacial score (nSPS) is 15.0. The summed E-state index contributed by atoms with van der Waals surface area (Å²) in [5.41, 5.74) is 2.40. The highest BCUT2D eigenvalue weighted by molar-refractivity contribution is 7.89. The number of nitrogens with one attached hydrogen (secondary N) is 1. The molecule has 0 saturated heterocycles. The maximum Gasteiger partial charge on any atom is 0.260 e. The first-order valence-corrected chi connectivity index (χ1v) is 13.5. The number of carbonyl (C=O) groups excluding carboxylic acids is 1. The number of benzene rings is 2. The van der Waals surface area contributed by atoms with Crippen LogP contribution in [-0.2, 0) is 10.0 Å². The first kappa shape index (κ1) is 25.1. The molecule has 1 aromatic heterocycles. The minimum atomic E-state index is -3.62. The van der Waals surface area contributed by atoms with E-state index in [1.165, 1.54) is 16.4 Å². The van der Waals surface area contributed by atoms with Crippen LogP contribution in [0.1, 0.15) is 73.6 Å². The second-order valence-electron chi connectivity index (χ2n) is 9.40. The summed E-state index contributed by atoms with van der Waals surface area (Å²) in [7, 11) is -1.97. The Kier molecular flexibility index (Phi) is 7.37. The van der Waals surface area contributed by atoms with Crippen LogP contribution in [0.5, 0.6) is 0 Å². The number of rotatable bonds is 7. The van der Waals surface area contributed by atoms with Crippen LogP contribution in [0.2, 0.25) is 0 Å². The van der Waals surface area contributed by atoms with Gasteiger partial charge in [-0.05, 0) is 55.7 Å². The van der Waals surface area contributed by atoms with Crippen molar-refractivity contribution in [3.63, 3.8) is 0 Å². The average Bonchev–Trinajstić information content (AvgIpc) is 3.36. The number of amides is 1. The Hall–Kier alpha value is -3.04. The smallest absolute Gasteiger partial charge is 0.260 e. The lowest BCUT2D eigenvalue weighted by molar-refractivity contribution is 0.102. The van der Waals surface area contributed by atoms with Crippen LogP contribution < -0.4 is 5.32 Å². The lowest BCUT2D eigenvalue weighted by Crippen LogP contribution is -2.38. The zero-order chi connectivity index (χ0) is 25.2. The second kappa shape index (κ2) is 10.3. The number of sulfonamides is 1. The van der Waals surface area contributed by atoms with Crippen LogP contribution in [0.4, 0.5) is 5.69 Å². The number of hydrogen-bond acceptors (Lipinski definition) is 6. The molecule has 3 aromatic rings. The molecule has 0 unspecified atom stereocenters. The molecule has 0 spiro atoms. The molecule has 1 amide bonds. The molecule has 0 bridgehead atoms. The third-order valence-electron chi connectivity index (χ3n) is 6.58. The molecule has 186 valence electrons. The quantitative estimate of drug-likeness (QED) is 0.471. The van der Waals surface area contributed by atoms with Crippen LogP contribution in [0.15, 0.2) is 51.9 Å². The summed E-state index contributed by atoms with van der Waals surface area (Å²) in [6, 6.07) is 11.7. The molecule has 0 aliphatic heterocycles. The lowest BCUT2D eigenvalue weighted by atomic mass is 9.96. The van der Waals surface area contributed by atoms with Gasteiger partial charge in [-0.15, -0.1) is 0 Å². The van der Waals surface area contributed by atoms with Crippen molar-refractivity contribution in [3.05, 3.63) is 59.4 Å². The van der Waals surface area contributed by atoms with Gasteiger partial charge in [0.05, 0.1) is 16.1 Å². The minimum Gasteiger partial charge on any atom is -0.334 e. The van der Waals surface area contributed by atoms with Gasteiger partial charge in [-0.1, -0.05) is 50.4 Å². The van der Waals surface area contributed by atoms with E-state index in [2.05, 4.69) is 15.5 Å². The maximum absolute atomic E-state index is 13.1. The van der Waals surface area contributed by atoms with Crippen molar-refractivity contribution in [3.8, 4) is 11.5 Å². The van der Waals surface area contributed by atoms with Gasteiger partial charge in [0.15, 0.2) is 5.82 Å². The molecule has 8 nitrogen and oxygen atoms in total. The number of aromatic nitrogens is 2. The second-order valence-corrected chi connectivity index (χ2v) is 11.4. The zero-order valence-corrected chi connectivity index (χ0v) is 21.4. The lowest BCUT2D eigenvalue weighted by Gasteiger charge is -2.30. The maximum atomic E-state index is 13.1. The van der Waals surface area contributed by atoms with Gasteiger partial charge >= 0.3 is 0 Å². The molecule has 0 atom stereocenters. The van der Waals surface area contributed by atoms with Gasteiger partial charge in [0.1, 0.15) is 0 Å². The van der Waals surface area contributed by atoms with Gasteiger partial charge in [-0.3, -0.25) is 4.79 Å². The van der Waals surface area contributed by atoms with E-state index in [0.29, 0.717) is 28.5 Å². The van der Waals surface area contributed by atoms with Crippen molar-refractivity contribution < 1.29 is 17.7 Å². The molecule has 1 fully saturated rings. The Morgan fingerprint density at radius 2 is 1.77 bits per heavy atom. The highest BCUT2D eigenvalue weighted by atomic mass is 32.2. The largest absolute Gasteiger partial charge is 0.334 e. The monoisotopic (exact) mass is 496 g/mol. The van der Waals surface area contributed by atoms with Crippen molar-refractivity contribution in [2.75, 3.05) is 12.4 Å². The summed E-state index contributed by atoms with van der Waals surface area (Å²) in [4.78, 5) is 17.7. The Morgan fingerprint density at radius 3 is 2.40 bits per heavy atom. The van der Waals surface area contributed by atoms with Crippen molar-refractivity contribution >= 4 is 21.6 Å². The van der Waals surface area contributed by atoms with Crippen molar-refractivity contribution in [1.29, 1.82) is 0 Å². The third-order valence-corrected chi connectivity index (χ3v) is 8.51. The summed E-state index contributed by atoms with van der Waals surface area (Å²) in [6.07, 6.45) is 5.02. The zero-order valence-electron chi connectivity index (χ0n) is 20.6. The van der Waals surface area contributed by atoms with E-state index < -0.39 is 10.0 Å². The fourth-order valence-electron chi connectivity index (χ4n) is 4.36. The molecule has 35 heavy (non-hydrogen) atoms. The molecule has 4 rings (SSSR count). The van der Waals surface area contributed by atoms with Crippen LogP contribution in [0, 0.1) is 6.92 Å². The number of para-hydroxylation sites is 1. The van der Waals surface area contributed by atoms with E-state index in [1.807, 2.05) is 39.0 Å². The Balaban J connectivity index is 1.54. The summed E-state index contributed by atoms with van der Waals surface area (Å²) < 4.78 is 33.1. The number of nitrogens with zero attached hydrogens (tertiary/aromatic N) is 3. The Morgan fingerprint density at radius 1 is 1.09 bits per heavy atom. The van der Waals surface area contributed by atoms with Gasteiger partial charge in [-0.2, -0.15) is 9.29 Å². The summed E-state index contributed by atoms with van der Waals surface area (Å²) in [5.74, 6) is 0.685. The number of aryl methyl sites for hydroxylation is 1. The number of carbonyl (C=O) groups is 1. The number of anilines is 1. The summed E-state index contributed by atoms with van der Waals surface area (Å²) in [5, 5.41) is 6.96. The van der Waals surface area contributed by atoms with E-state index >= 15 is 0 Å². The predicted molar refractivity (Wildman–Crippen MR) is 135 cm³/mol. The minimum absolute atomic E-state index is 0.0251. The summed E-state index contributed by atoms with van der Waals surface area (Å²) in [6.45, 7) is 5.84. The highest BCUT2D eigenvalue weighted by Crippen LogP contribution is 2.31. The van der Waals surface area contributed by atoms with Crippen molar-refractivity contribution in [2.24, 2.45) is 0 Å².